The Labute approximate surface area is 170 Å². The van der Waals surface area contributed by atoms with Crippen LogP contribution in [-0.4, -0.2) is 69.0 Å². The molecule has 0 bridgehead atoms. The average Bonchev–Trinajstić information content (AvgIpc) is 2.94. The van der Waals surface area contributed by atoms with E-state index < -0.39 is 17.9 Å². The Balaban J connectivity index is 1.65. The molecule has 0 spiro atoms. The molecule has 1 unspecified atom stereocenters. The van der Waals surface area contributed by atoms with Gasteiger partial charge in [-0.15, -0.1) is 0 Å². The van der Waals surface area contributed by atoms with Crippen LogP contribution >= 0.6 is 0 Å². The zero-order valence-corrected chi connectivity index (χ0v) is 16.3. The monoisotopic (exact) mass is 415 g/mol. The lowest BCUT2D eigenvalue weighted by atomic mass is 10.1. The van der Waals surface area contributed by atoms with E-state index in [-0.39, 0.29) is 43.4 Å². The first-order valence-electron chi connectivity index (χ1n) is 9.55. The van der Waals surface area contributed by atoms with Crippen molar-refractivity contribution < 1.29 is 24.3 Å². The minimum atomic E-state index is -1.05. The third kappa shape index (κ3) is 3.31. The summed E-state index contributed by atoms with van der Waals surface area (Å²) in [6, 6.07) is 4.51. The van der Waals surface area contributed by atoms with Crippen molar-refractivity contribution in [3.8, 4) is 0 Å². The van der Waals surface area contributed by atoms with E-state index in [1.807, 2.05) is 4.90 Å². The smallest absolute Gasteiger partial charge is 0.329 e. The molecule has 2 aromatic rings. The normalized spacial score (nSPS) is 20.0. The number of aliphatic carboxylic acids is 1. The first-order valence-corrected chi connectivity index (χ1v) is 9.55. The van der Waals surface area contributed by atoms with Crippen molar-refractivity contribution in [2.24, 2.45) is 7.05 Å². The van der Waals surface area contributed by atoms with Crippen LogP contribution in [0.25, 0.3) is 11.0 Å². The number of benzene rings is 1. The fourth-order valence-corrected chi connectivity index (χ4v) is 4.04. The maximum atomic E-state index is 12.8. The lowest BCUT2D eigenvalue weighted by Crippen LogP contribution is -2.51. The number of hydrogen-bond acceptors (Lipinski definition) is 6. The number of aryl methyl sites for hydroxylation is 1. The fourth-order valence-electron chi connectivity index (χ4n) is 4.04. The highest BCUT2D eigenvalue weighted by atomic mass is 16.4. The van der Waals surface area contributed by atoms with Crippen molar-refractivity contribution in [3.05, 3.63) is 28.7 Å². The van der Waals surface area contributed by atoms with Crippen molar-refractivity contribution in [2.75, 3.05) is 31.1 Å². The molecule has 2 N–H and O–H groups in total. The summed E-state index contributed by atoms with van der Waals surface area (Å²) in [6.45, 7) is 0.474. The number of imide groups is 1. The molecule has 1 aromatic heterocycles. The highest BCUT2D eigenvalue weighted by Gasteiger charge is 2.32. The van der Waals surface area contributed by atoms with Crippen LogP contribution in [0.2, 0.25) is 0 Å². The Morgan fingerprint density at radius 2 is 1.93 bits per heavy atom. The first kappa shape index (κ1) is 19.7. The zero-order valence-electron chi connectivity index (χ0n) is 16.3. The molecule has 2 aliphatic rings. The number of carbonyl (C=O) groups excluding carboxylic acids is 3. The largest absolute Gasteiger partial charge is 0.480 e. The van der Waals surface area contributed by atoms with Gasteiger partial charge in [0.2, 0.25) is 17.7 Å². The Morgan fingerprint density at radius 1 is 1.17 bits per heavy atom. The molecule has 0 aliphatic carbocycles. The quantitative estimate of drug-likeness (QED) is 0.615. The van der Waals surface area contributed by atoms with Gasteiger partial charge in [0.05, 0.1) is 17.6 Å². The van der Waals surface area contributed by atoms with Crippen molar-refractivity contribution in [3.63, 3.8) is 0 Å². The standard InChI is InChI=1S/C19H21N5O6/c1-21-14-8-11(22-6-7-23(10-17(27)28)16(26)9-22)2-3-12(14)24(19(21)30)13-4-5-15(25)20-18(13)29/h2-3,8,13H,4-7,9-10H2,1H3,(H,27,28)(H,20,25,29). The lowest BCUT2D eigenvalue weighted by Gasteiger charge is -2.34. The summed E-state index contributed by atoms with van der Waals surface area (Å²) in [7, 11) is 1.60. The Bertz CT molecular complexity index is 1130. The number of piperidine rings is 1. The summed E-state index contributed by atoms with van der Waals surface area (Å²) in [5, 5.41) is 11.2. The number of aromatic nitrogens is 2. The molecule has 30 heavy (non-hydrogen) atoms. The molecule has 11 nitrogen and oxygen atoms in total. The summed E-state index contributed by atoms with van der Waals surface area (Å²) in [6.07, 6.45) is 0.422. The number of hydrogen-bond donors (Lipinski definition) is 2. The third-order valence-electron chi connectivity index (χ3n) is 5.60. The van der Waals surface area contributed by atoms with Crippen molar-refractivity contribution in [2.45, 2.75) is 18.9 Å². The third-order valence-corrected chi connectivity index (χ3v) is 5.60. The van der Waals surface area contributed by atoms with Gasteiger partial charge in [0.15, 0.2) is 0 Å². The van der Waals surface area contributed by atoms with Crippen molar-refractivity contribution >= 4 is 40.4 Å². The fraction of sp³-hybridized carbons (Fsp3) is 0.421. The van der Waals surface area contributed by atoms with Crippen LogP contribution in [-0.2, 0) is 26.2 Å². The van der Waals surface area contributed by atoms with Gasteiger partial charge in [-0.25, -0.2) is 4.79 Å². The molecule has 2 aliphatic heterocycles. The number of rotatable bonds is 4. The SMILES string of the molecule is Cn1c(=O)n(C2CCC(=O)NC2=O)c2ccc(N3CCN(CC(=O)O)C(=O)C3)cc21. The van der Waals surface area contributed by atoms with E-state index in [0.717, 1.165) is 5.69 Å². The maximum absolute atomic E-state index is 12.8. The number of piperazine rings is 1. The summed E-state index contributed by atoms with van der Waals surface area (Å²) in [4.78, 5) is 62.8. The molecule has 158 valence electrons. The predicted octanol–water partition coefficient (Wildman–Crippen LogP) is -0.949. The Morgan fingerprint density at radius 3 is 2.60 bits per heavy atom. The Kier molecular flexibility index (Phi) is 4.80. The van der Waals surface area contributed by atoms with E-state index in [2.05, 4.69) is 5.32 Å². The van der Waals surface area contributed by atoms with Crippen LogP contribution < -0.4 is 15.9 Å². The molecular formula is C19H21N5O6. The molecule has 0 saturated carbocycles. The Hall–Kier alpha value is -3.63. The molecule has 11 heteroatoms. The molecule has 2 fully saturated rings. The predicted molar refractivity (Wildman–Crippen MR) is 105 cm³/mol. The van der Waals surface area contributed by atoms with Crippen LogP contribution in [0.4, 0.5) is 5.69 Å². The summed E-state index contributed by atoms with van der Waals surface area (Å²) < 4.78 is 2.84. The van der Waals surface area contributed by atoms with Crippen LogP contribution in [0, 0.1) is 0 Å². The van der Waals surface area contributed by atoms with Crippen LogP contribution in [0.3, 0.4) is 0 Å². The van der Waals surface area contributed by atoms with Gasteiger partial charge >= 0.3 is 11.7 Å². The maximum Gasteiger partial charge on any atom is 0.329 e. The van der Waals surface area contributed by atoms with Gasteiger partial charge in [0.1, 0.15) is 12.6 Å². The zero-order chi connectivity index (χ0) is 21.6. The molecule has 0 radical (unpaired) electrons. The van der Waals surface area contributed by atoms with E-state index in [1.54, 1.807) is 25.2 Å². The van der Waals surface area contributed by atoms with Gasteiger partial charge in [0, 0.05) is 32.2 Å². The van der Waals surface area contributed by atoms with Gasteiger partial charge in [0.25, 0.3) is 0 Å². The van der Waals surface area contributed by atoms with E-state index >= 15 is 0 Å². The van der Waals surface area contributed by atoms with Gasteiger partial charge in [-0.3, -0.25) is 33.6 Å². The highest BCUT2D eigenvalue weighted by molar-refractivity contribution is 6.00. The number of anilines is 1. The number of nitrogens with zero attached hydrogens (tertiary/aromatic N) is 4. The molecule has 1 atom stereocenters. The molecule has 4 rings (SSSR count). The second-order valence-electron chi connectivity index (χ2n) is 7.48. The van der Waals surface area contributed by atoms with Crippen LogP contribution in [0.1, 0.15) is 18.9 Å². The van der Waals surface area contributed by atoms with E-state index in [4.69, 9.17) is 5.11 Å². The lowest BCUT2D eigenvalue weighted by molar-refractivity contribution is -0.144. The number of fused-ring (bicyclic) bond motifs is 1. The van der Waals surface area contributed by atoms with Crippen LogP contribution in [0.15, 0.2) is 23.0 Å². The van der Waals surface area contributed by atoms with Gasteiger partial charge < -0.3 is 14.9 Å². The number of imidazole rings is 1. The minimum absolute atomic E-state index is 0.0422. The minimum Gasteiger partial charge on any atom is -0.480 e. The number of carboxylic acid groups (broad SMARTS) is 1. The molecule has 3 amide bonds. The molecular weight excluding hydrogens is 394 g/mol. The molecule has 3 heterocycles. The van der Waals surface area contributed by atoms with E-state index in [9.17, 15) is 24.0 Å². The number of nitrogens with one attached hydrogen (secondary N) is 1. The second kappa shape index (κ2) is 7.32. The number of carbonyl (C=O) groups is 4. The highest BCUT2D eigenvalue weighted by Crippen LogP contribution is 2.27. The average molecular weight is 415 g/mol. The summed E-state index contributed by atoms with van der Waals surface area (Å²) >= 11 is 0. The first-order chi connectivity index (χ1) is 14.3. The summed E-state index contributed by atoms with van der Waals surface area (Å²) in [5.74, 6) is -2.18. The summed E-state index contributed by atoms with van der Waals surface area (Å²) in [5.41, 5.74) is 1.53. The van der Waals surface area contributed by atoms with Gasteiger partial charge in [-0.05, 0) is 24.6 Å². The number of carboxylic acids is 1. The van der Waals surface area contributed by atoms with Crippen molar-refractivity contribution in [1.82, 2.24) is 19.4 Å². The van der Waals surface area contributed by atoms with E-state index in [0.29, 0.717) is 24.1 Å². The van der Waals surface area contributed by atoms with E-state index in [1.165, 1.54) is 14.0 Å². The van der Waals surface area contributed by atoms with Crippen molar-refractivity contribution in [1.29, 1.82) is 0 Å². The van der Waals surface area contributed by atoms with Crippen LogP contribution in [0.5, 0.6) is 0 Å². The van der Waals surface area contributed by atoms with Gasteiger partial charge in [-0.1, -0.05) is 0 Å². The van der Waals surface area contributed by atoms with Gasteiger partial charge in [-0.2, -0.15) is 0 Å². The number of amides is 3. The molecule has 1 aromatic carbocycles. The second-order valence-corrected chi connectivity index (χ2v) is 7.48. The molecule has 2 saturated heterocycles. The topological polar surface area (TPSA) is 134 Å².